The average Bonchev–Trinajstić information content (AvgIpc) is 3.78. The van der Waals surface area contributed by atoms with Gasteiger partial charge in [0.1, 0.15) is 0 Å². The molecule has 6 aromatic rings. The minimum Gasteiger partial charge on any atom is -0.294 e. The van der Waals surface area contributed by atoms with Gasteiger partial charge >= 0.3 is 0 Å². The summed E-state index contributed by atoms with van der Waals surface area (Å²) in [6, 6.07) is 39.4. The molecule has 2 atom stereocenters. The van der Waals surface area contributed by atoms with Crippen LogP contribution < -0.4 is 0 Å². The number of ketones is 2. The molecule has 0 N–H and O–H groups in total. The van der Waals surface area contributed by atoms with E-state index < -0.39 is 22.5 Å². The molecular formula is C51H50F2N4O2S. The van der Waals surface area contributed by atoms with Crippen LogP contribution >= 0.6 is 11.3 Å². The van der Waals surface area contributed by atoms with Gasteiger partial charge in [-0.1, -0.05) is 113 Å². The minimum atomic E-state index is -0.870. The number of pyridine rings is 2. The number of halogens is 2. The maximum atomic E-state index is 13.9. The highest BCUT2D eigenvalue weighted by Gasteiger charge is 2.45. The van der Waals surface area contributed by atoms with Gasteiger partial charge < -0.3 is 0 Å². The van der Waals surface area contributed by atoms with Crippen LogP contribution in [0.2, 0.25) is 0 Å². The Kier molecular flexibility index (Phi) is 13.2. The average molecular weight is 821 g/mol. The van der Waals surface area contributed by atoms with Crippen molar-refractivity contribution in [2.24, 2.45) is 10.8 Å². The summed E-state index contributed by atoms with van der Waals surface area (Å²) in [7, 11) is 0. The Morgan fingerprint density at radius 2 is 1.15 bits per heavy atom. The lowest BCUT2D eigenvalue weighted by Gasteiger charge is -2.44. The second kappa shape index (κ2) is 18.7. The van der Waals surface area contributed by atoms with Crippen LogP contribution in [0.5, 0.6) is 0 Å². The van der Waals surface area contributed by atoms with E-state index in [9.17, 15) is 18.4 Å². The van der Waals surface area contributed by atoms with Gasteiger partial charge in [-0.15, -0.1) is 11.3 Å². The van der Waals surface area contributed by atoms with Crippen molar-refractivity contribution in [3.05, 3.63) is 201 Å². The molecule has 0 aliphatic carbocycles. The first-order valence-electron chi connectivity index (χ1n) is 20.3. The van der Waals surface area contributed by atoms with Gasteiger partial charge in [0.2, 0.25) is 0 Å². The molecule has 6 nitrogen and oxygen atoms in total. The van der Waals surface area contributed by atoms with Crippen molar-refractivity contribution in [2.45, 2.75) is 52.7 Å². The highest BCUT2D eigenvalue weighted by molar-refractivity contribution is 7.09. The van der Waals surface area contributed by atoms with Crippen molar-refractivity contribution < 1.29 is 18.4 Å². The van der Waals surface area contributed by atoms with Crippen molar-refractivity contribution in [1.82, 2.24) is 19.8 Å². The molecule has 60 heavy (non-hydrogen) atoms. The number of Topliss-reactive ketones (excluding diaryl/α,β-unsaturated/α-hetero) is 2. The molecule has 9 heteroatoms. The van der Waals surface area contributed by atoms with E-state index in [-0.39, 0.29) is 23.7 Å². The summed E-state index contributed by atoms with van der Waals surface area (Å²) >= 11 is 1.79. The Morgan fingerprint density at radius 3 is 1.63 bits per heavy atom. The smallest absolute Gasteiger partial charge is 0.167 e. The van der Waals surface area contributed by atoms with Gasteiger partial charge in [0, 0.05) is 65.4 Å². The molecule has 3 aromatic heterocycles. The highest BCUT2D eigenvalue weighted by atomic mass is 32.1. The Labute approximate surface area is 356 Å². The Hall–Kier alpha value is -5.74. The van der Waals surface area contributed by atoms with Gasteiger partial charge in [0.05, 0.1) is 23.5 Å². The standard InChI is InChI=1S/C26H24F2N2O.C25H26N2OS/c1-26(2)17-30(16-18-11-12-22(27)23(28)14-18)24(19-8-4-3-5-9-19)21(25(26)31)15-20-10-6-7-13-29-20;1-25(2)18-27(15-13-21-12-8-16-29-21)23(19-9-4-3-5-10-19)22(24(25)28)17-20-11-6-7-14-26-20/h3-15,24H,16-17H2,1-2H3;3-12,14,16-17,23H,13,15,18H2,1-2H3. The van der Waals surface area contributed by atoms with Crippen LogP contribution in [0.15, 0.2) is 156 Å². The second-order valence-corrected chi connectivity index (χ2v) is 17.7. The van der Waals surface area contributed by atoms with E-state index in [2.05, 4.69) is 75.4 Å². The molecule has 0 bridgehead atoms. The highest BCUT2D eigenvalue weighted by Crippen LogP contribution is 2.43. The van der Waals surface area contributed by atoms with Crippen molar-refractivity contribution in [3.8, 4) is 0 Å². The van der Waals surface area contributed by atoms with E-state index in [4.69, 9.17) is 0 Å². The molecule has 2 fully saturated rings. The number of likely N-dealkylation sites (tertiary alicyclic amines) is 2. The van der Waals surface area contributed by atoms with E-state index in [0.29, 0.717) is 29.9 Å². The number of carbonyl (C=O) groups is 2. The van der Waals surface area contributed by atoms with Gasteiger partial charge in [-0.2, -0.15) is 0 Å². The number of rotatable bonds is 9. The fourth-order valence-corrected chi connectivity index (χ4v) is 8.98. The third-order valence-electron chi connectivity index (χ3n) is 11.1. The quantitative estimate of drug-likeness (QED) is 0.135. The lowest BCUT2D eigenvalue weighted by Crippen LogP contribution is -2.49. The first kappa shape index (κ1) is 42.4. The van der Waals surface area contributed by atoms with E-state index in [1.54, 1.807) is 29.8 Å². The minimum absolute atomic E-state index is 0.0568. The summed E-state index contributed by atoms with van der Waals surface area (Å²) in [5.41, 5.74) is 4.72. The molecule has 2 unspecified atom stereocenters. The van der Waals surface area contributed by atoms with Crippen LogP contribution in [0.3, 0.4) is 0 Å². The molecule has 0 amide bonds. The summed E-state index contributed by atoms with van der Waals surface area (Å²) in [5.74, 6) is -1.46. The van der Waals surface area contributed by atoms with Crippen LogP contribution in [-0.4, -0.2) is 51.0 Å². The number of thiophene rings is 1. The second-order valence-electron chi connectivity index (χ2n) is 16.7. The fraction of sp³-hybridized carbons (Fsp3) is 0.255. The third kappa shape index (κ3) is 9.99. The Balaban J connectivity index is 0.000000182. The van der Waals surface area contributed by atoms with Crippen LogP contribution in [0.4, 0.5) is 8.78 Å². The zero-order chi connectivity index (χ0) is 42.3. The van der Waals surface area contributed by atoms with Crippen molar-refractivity contribution >= 4 is 35.1 Å². The van der Waals surface area contributed by atoms with Gasteiger partial charge in [-0.25, -0.2) is 8.78 Å². The summed E-state index contributed by atoms with van der Waals surface area (Å²) in [5, 5.41) is 2.13. The van der Waals surface area contributed by atoms with Crippen molar-refractivity contribution in [2.75, 3.05) is 19.6 Å². The Morgan fingerprint density at radius 1 is 0.633 bits per heavy atom. The van der Waals surface area contributed by atoms with Gasteiger partial charge in [-0.05, 0) is 83.1 Å². The van der Waals surface area contributed by atoms with Gasteiger partial charge in [0.25, 0.3) is 0 Å². The van der Waals surface area contributed by atoms with Crippen molar-refractivity contribution in [1.29, 1.82) is 0 Å². The molecule has 0 radical (unpaired) electrons. The number of aromatic nitrogens is 2. The number of carbonyl (C=O) groups excluding carboxylic acids is 2. The number of piperidine rings is 2. The normalized spacial score (nSPS) is 20.5. The molecular weight excluding hydrogens is 771 g/mol. The molecule has 0 saturated carbocycles. The summed E-state index contributed by atoms with van der Waals surface area (Å²) in [6.45, 7) is 10.5. The maximum absolute atomic E-state index is 13.9. The molecule has 2 aliphatic rings. The van der Waals surface area contributed by atoms with Crippen LogP contribution in [0.1, 0.15) is 72.7 Å². The van der Waals surface area contributed by atoms with Crippen LogP contribution in [0, 0.1) is 22.5 Å². The largest absolute Gasteiger partial charge is 0.294 e. The Bertz CT molecular complexity index is 2440. The lowest BCUT2D eigenvalue weighted by molar-refractivity contribution is -0.128. The van der Waals surface area contributed by atoms with Crippen molar-refractivity contribution in [3.63, 3.8) is 0 Å². The first-order valence-corrected chi connectivity index (χ1v) is 21.2. The third-order valence-corrected chi connectivity index (χ3v) is 12.0. The van der Waals surface area contributed by atoms with E-state index in [0.717, 1.165) is 48.0 Å². The molecule has 306 valence electrons. The molecule has 8 rings (SSSR count). The number of hydrogen-bond donors (Lipinski definition) is 0. The van der Waals surface area contributed by atoms with E-state index in [1.807, 2.05) is 98.8 Å². The summed E-state index contributed by atoms with van der Waals surface area (Å²) in [6.07, 6.45) is 8.29. The summed E-state index contributed by atoms with van der Waals surface area (Å²) < 4.78 is 27.3. The van der Waals surface area contributed by atoms with Crippen LogP contribution in [0.25, 0.3) is 12.2 Å². The molecule has 0 spiro atoms. The number of benzene rings is 3. The predicted molar refractivity (Wildman–Crippen MR) is 237 cm³/mol. The molecule has 2 aliphatic heterocycles. The number of nitrogens with zero attached hydrogens (tertiary/aromatic N) is 4. The predicted octanol–water partition coefficient (Wildman–Crippen LogP) is 11.0. The molecule has 2 saturated heterocycles. The van der Waals surface area contributed by atoms with Gasteiger partial charge in [0.15, 0.2) is 23.2 Å². The number of hydrogen-bond acceptors (Lipinski definition) is 7. The topological polar surface area (TPSA) is 66.4 Å². The monoisotopic (exact) mass is 820 g/mol. The fourth-order valence-electron chi connectivity index (χ4n) is 8.28. The first-order chi connectivity index (χ1) is 28.9. The van der Waals surface area contributed by atoms with Crippen LogP contribution in [-0.2, 0) is 22.6 Å². The molecule has 3 aromatic carbocycles. The maximum Gasteiger partial charge on any atom is 0.167 e. The lowest BCUT2D eigenvalue weighted by atomic mass is 9.74. The zero-order valence-corrected chi connectivity index (χ0v) is 35.3. The van der Waals surface area contributed by atoms with Gasteiger partial charge in [-0.3, -0.25) is 29.4 Å². The molecule has 5 heterocycles. The summed E-state index contributed by atoms with van der Waals surface area (Å²) in [4.78, 5) is 41.8. The van der Waals surface area contributed by atoms with E-state index in [1.165, 1.54) is 10.9 Å². The van der Waals surface area contributed by atoms with E-state index >= 15 is 0 Å². The zero-order valence-electron chi connectivity index (χ0n) is 34.5. The SMILES string of the molecule is CC1(C)CN(CCc2cccs2)C(c2ccccc2)C(=Cc2ccccn2)C1=O.CC1(C)CN(Cc2ccc(F)c(F)c2)C(c2ccccc2)C(=Cc2ccccn2)C1=O.